The summed E-state index contributed by atoms with van der Waals surface area (Å²) < 4.78 is 5.06. The molecular formula is C12H13N3O2. The standard InChI is InChI=1S/C12H13N3O2/c1-2-7-13-11(16)9-3-5-10(6-4-9)12-15-14-8-17-12/h3-6,8H,2,7H2,1H3,(H,13,16). The summed E-state index contributed by atoms with van der Waals surface area (Å²) in [6.07, 6.45) is 2.20. The Kier molecular flexibility index (Phi) is 3.49. The highest BCUT2D eigenvalue weighted by Gasteiger charge is 2.06. The fourth-order valence-corrected chi connectivity index (χ4v) is 1.40. The third-order valence-electron chi connectivity index (χ3n) is 2.29. The smallest absolute Gasteiger partial charge is 0.251 e. The lowest BCUT2D eigenvalue weighted by Crippen LogP contribution is -2.23. The normalized spacial score (nSPS) is 10.2. The van der Waals surface area contributed by atoms with E-state index in [2.05, 4.69) is 15.5 Å². The molecular weight excluding hydrogens is 218 g/mol. The molecule has 1 heterocycles. The Morgan fingerprint density at radius 3 is 2.71 bits per heavy atom. The van der Waals surface area contributed by atoms with Crippen molar-refractivity contribution in [2.45, 2.75) is 13.3 Å². The van der Waals surface area contributed by atoms with Gasteiger partial charge in [0.25, 0.3) is 5.91 Å². The number of hydrogen-bond donors (Lipinski definition) is 1. The molecule has 88 valence electrons. The predicted molar refractivity (Wildman–Crippen MR) is 62.4 cm³/mol. The highest BCUT2D eigenvalue weighted by Crippen LogP contribution is 2.16. The number of carbonyl (C=O) groups excluding carboxylic acids is 1. The quantitative estimate of drug-likeness (QED) is 0.872. The summed E-state index contributed by atoms with van der Waals surface area (Å²) in [6.45, 7) is 2.70. The number of hydrogen-bond acceptors (Lipinski definition) is 4. The van der Waals surface area contributed by atoms with Gasteiger partial charge in [-0.1, -0.05) is 6.92 Å². The van der Waals surface area contributed by atoms with Crippen LogP contribution in [0.2, 0.25) is 0 Å². The lowest BCUT2D eigenvalue weighted by Gasteiger charge is -2.03. The molecule has 1 amide bonds. The van der Waals surface area contributed by atoms with Crippen LogP contribution in [-0.4, -0.2) is 22.6 Å². The second kappa shape index (κ2) is 5.25. The highest BCUT2D eigenvalue weighted by atomic mass is 16.4. The lowest BCUT2D eigenvalue weighted by molar-refractivity contribution is 0.0953. The van der Waals surface area contributed by atoms with E-state index in [1.165, 1.54) is 6.39 Å². The largest absolute Gasteiger partial charge is 0.423 e. The molecule has 2 aromatic rings. The first kappa shape index (κ1) is 11.3. The number of nitrogens with one attached hydrogen (secondary N) is 1. The van der Waals surface area contributed by atoms with Gasteiger partial charge in [-0.25, -0.2) is 0 Å². The summed E-state index contributed by atoms with van der Waals surface area (Å²) in [4.78, 5) is 11.6. The van der Waals surface area contributed by atoms with Gasteiger partial charge in [0.05, 0.1) is 0 Å². The zero-order valence-electron chi connectivity index (χ0n) is 9.51. The third-order valence-corrected chi connectivity index (χ3v) is 2.29. The van der Waals surface area contributed by atoms with Crippen LogP contribution in [0, 0.1) is 0 Å². The summed E-state index contributed by atoms with van der Waals surface area (Å²) in [5.41, 5.74) is 1.43. The molecule has 0 bridgehead atoms. The van der Waals surface area contributed by atoms with Crippen LogP contribution in [0.3, 0.4) is 0 Å². The lowest BCUT2D eigenvalue weighted by atomic mass is 10.1. The van der Waals surface area contributed by atoms with Gasteiger partial charge in [-0.15, -0.1) is 10.2 Å². The first-order valence-electron chi connectivity index (χ1n) is 5.46. The summed E-state index contributed by atoms with van der Waals surface area (Å²) in [5.74, 6) is 0.384. The summed E-state index contributed by atoms with van der Waals surface area (Å²) >= 11 is 0. The molecule has 0 saturated carbocycles. The van der Waals surface area contributed by atoms with Crippen LogP contribution in [0.1, 0.15) is 23.7 Å². The summed E-state index contributed by atoms with van der Waals surface area (Å²) in [6, 6.07) is 7.05. The average molecular weight is 231 g/mol. The van der Waals surface area contributed by atoms with Gasteiger partial charge >= 0.3 is 0 Å². The van der Waals surface area contributed by atoms with E-state index in [-0.39, 0.29) is 5.91 Å². The van der Waals surface area contributed by atoms with Crippen LogP contribution in [-0.2, 0) is 0 Å². The van der Waals surface area contributed by atoms with Crippen LogP contribution in [0.25, 0.3) is 11.5 Å². The molecule has 0 aliphatic carbocycles. The third kappa shape index (κ3) is 2.69. The molecule has 1 aromatic heterocycles. The van der Waals surface area contributed by atoms with Gasteiger partial charge in [0.15, 0.2) is 0 Å². The van der Waals surface area contributed by atoms with Crippen LogP contribution in [0.4, 0.5) is 0 Å². The van der Waals surface area contributed by atoms with Gasteiger partial charge in [0, 0.05) is 17.7 Å². The molecule has 1 N–H and O–H groups in total. The van der Waals surface area contributed by atoms with Crippen molar-refractivity contribution in [2.75, 3.05) is 6.54 Å². The molecule has 0 atom stereocenters. The van der Waals surface area contributed by atoms with Crippen molar-refractivity contribution in [1.29, 1.82) is 0 Å². The van der Waals surface area contributed by atoms with Crippen molar-refractivity contribution < 1.29 is 9.21 Å². The van der Waals surface area contributed by atoms with Crippen molar-refractivity contribution in [3.8, 4) is 11.5 Å². The van der Waals surface area contributed by atoms with Crippen molar-refractivity contribution in [3.05, 3.63) is 36.2 Å². The van der Waals surface area contributed by atoms with Crippen LogP contribution in [0.5, 0.6) is 0 Å². The second-order valence-corrected chi connectivity index (χ2v) is 3.58. The molecule has 0 aliphatic heterocycles. The number of benzene rings is 1. The van der Waals surface area contributed by atoms with Crippen LogP contribution >= 0.6 is 0 Å². The Balaban J connectivity index is 2.10. The Hall–Kier alpha value is -2.17. The molecule has 0 aliphatic rings. The van der Waals surface area contributed by atoms with E-state index in [1.54, 1.807) is 24.3 Å². The number of carbonyl (C=O) groups is 1. The van der Waals surface area contributed by atoms with Crippen molar-refractivity contribution in [1.82, 2.24) is 15.5 Å². The van der Waals surface area contributed by atoms with E-state index in [9.17, 15) is 4.79 Å². The monoisotopic (exact) mass is 231 g/mol. The van der Waals surface area contributed by atoms with Crippen LogP contribution in [0.15, 0.2) is 35.1 Å². The first-order valence-corrected chi connectivity index (χ1v) is 5.46. The second-order valence-electron chi connectivity index (χ2n) is 3.58. The van der Waals surface area contributed by atoms with E-state index >= 15 is 0 Å². The molecule has 5 heteroatoms. The maximum Gasteiger partial charge on any atom is 0.251 e. The van der Waals surface area contributed by atoms with E-state index in [0.717, 1.165) is 12.0 Å². The Morgan fingerprint density at radius 1 is 1.35 bits per heavy atom. The number of aromatic nitrogens is 2. The molecule has 2 rings (SSSR count). The zero-order chi connectivity index (χ0) is 12.1. The zero-order valence-corrected chi connectivity index (χ0v) is 9.51. The highest BCUT2D eigenvalue weighted by molar-refractivity contribution is 5.94. The van der Waals surface area contributed by atoms with Gasteiger partial charge < -0.3 is 9.73 Å². The molecule has 0 spiro atoms. The summed E-state index contributed by atoms with van der Waals surface area (Å²) in [7, 11) is 0. The van der Waals surface area contributed by atoms with E-state index in [4.69, 9.17) is 4.42 Å². The first-order chi connectivity index (χ1) is 8.31. The number of rotatable bonds is 4. The topological polar surface area (TPSA) is 68.0 Å². The van der Waals surface area contributed by atoms with E-state index in [1.807, 2.05) is 6.92 Å². The molecule has 1 aromatic carbocycles. The average Bonchev–Trinajstić information content (AvgIpc) is 2.90. The SMILES string of the molecule is CCCNC(=O)c1ccc(-c2nnco2)cc1. The van der Waals surface area contributed by atoms with E-state index in [0.29, 0.717) is 18.0 Å². The Morgan fingerprint density at radius 2 is 2.12 bits per heavy atom. The van der Waals surface area contributed by atoms with Gasteiger partial charge in [-0.3, -0.25) is 4.79 Å². The molecule has 5 nitrogen and oxygen atoms in total. The van der Waals surface area contributed by atoms with Gasteiger partial charge in [-0.05, 0) is 30.7 Å². The minimum atomic E-state index is -0.0658. The minimum absolute atomic E-state index is 0.0658. The molecule has 0 radical (unpaired) electrons. The van der Waals surface area contributed by atoms with Gasteiger partial charge in [-0.2, -0.15) is 0 Å². The predicted octanol–water partition coefficient (Wildman–Crippen LogP) is 1.88. The Labute approximate surface area is 98.9 Å². The van der Waals surface area contributed by atoms with Crippen molar-refractivity contribution in [2.24, 2.45) is 0 Å². The fourth-order valence-electron chi connectivity index (χ4n) is 1.40. The molecule has 0 unspecified atom stereocenters. The molecule has 0 fully saturated rings. The number of amides is 1. The Bertz CT molecular complexity index is 477. The van der Waals surface area contributed by atoms with Crippen molar-refractivity contribution >= 4 is 5.91 Å². The fraction of sp³-hybridized carbons (Fsp3) is 0.250. The van der Waals surface area contributed by atoms with Crippen LogP contribution < -0.4 is 5.32 Å². The van der Waals surface area contributed by atoms with Crippen molar-refractivity contribution in [3.63, 3.8) is 0 Å². The summed E-state index contributed by atoms with van der Waals surface area (Å²) in [5, 5.41) is 10.2. The van der Waals surface area contributed by atoms with Gasteiger partial charge in [0.2, 0.25) is 12.3 Å². The molecule has 17 heavy (non-hydrogen) atoms. The molecule has 0 saturated heterocycles. The maximum absolute atomic E-state index is 11.6. The van der Waals surface area contributed by atoms with Gasteiger partial charge in [0.1, 0.15) is 0 Å². The maximum atomic E-state index is 11.6. The minimum Gasteiger partial charge on any atom is -0.423 e. The number of nitrogens with zero attached hydrogens (tertiary/aromatic N) is 2. The van der Waals surface area contributed by atoms with E-state index < -0.39 is 0 Å².